The third kappa shape index (κ3) is 6.35. The van der Waals surface area contributed by atoms with Crippen molar-refractivity contribution >= 4 is 34.9 Å². The van der Waals surface area contributed by atoms with E-state index in [1.165, 1.54) is 6.33 Å². The average molecular weight is 441 g/mol. The van der Waals surface area contributed by atoms with Gasteiger partial charge in [-0.15, -0.1) is 0 Å². The van der Waals surface area contributed by atoms with Gasteiger partial charge in [0.25, 0.3) is 5.91 Å². The zero-order valence-corrected chi connectivity index (χ0v) is 17.4. The lowest BCUT2D eigenvalue weighted by molar-refractivity contribution is -0.127. The van der Waals surface area contributed by atoms with Crippen LogP contribution in [0.5, 0.6) is 11.6 Å². The van der Waals surface area contributed by atoms with Crippen LogP contribution in [0.3, 0.4) is 0 Å². The highest BCUT2D eigenvalue weighted by atomic mass is 35.5. The Hall–Kier alpha value is -2.29. The van der Waals surface area contributed by atoms with Gasteiger partial charge < -0.3 is 24.4 Å². The van der Waals surface area contributed by atoms with Crippen molar-refractivity contribution in [2.75, 3.05) is 44.4 Å². The number of halogens is 2. The number of nitrogens with zero attached hydrogens (tertiary/aromatic N) is 3. The number of amides is 1. The Labute approximate surface area is 179 Å². The van der Waals surface area contributed by atoms with Gasteiger partial charge in [-0.1, -0.05) is 23.2 Å². The number of ether oxygens (including phenoxy) is 3. The summed E-state index contributed by atoms with van der Waals surface area (Å²) < 4.78 is 16.5. The molecule has 1 N–H and O–H groups in total. The predicted molar refractivity (Wildman–Crippen MR) is 110 cm³/mol. The fraction of sp³-hybridized carbons (Fsp3) is 0.421. The molecule has 1 aromatic carbocycles. The van der Waals surface area contributed by atoms with Gasteiger partial charge in [-0.2, -0.15) is 0 Å². The molecule has 1 atom stereocenters. The molecule has 10 heteroatoms. The molecule has 8 nitrogen and oxygen atoms in total. The molecule has 2 heterocycles. The largest absolute Gasteiger partial charge is 0.479 e. The summed E-state index contributed by atoms with van der Waals surface area (Å²) in [5.74, 6) is 1.36. The minimum Gasteiger partial charge on any atom is -0.479 e. The third-order valence-electron chi connectivity index (χ3n) is 4.18. The van der Waals surface area contributed by atoms with E-state index >= 15 is 0 Å². The summed E-state index contributed by atoms with van der Waals surface area (Å²) in [5, 5.41) is 3.60. The molecule has 3 rings (SSSR count). The van der Waals surface area contributed by atoms with Gasteiger partial charge in [0.05, 0.1) is 24.8 Å². The van der Waals surface area contributed by atoms with Crippen molar-refractivity contribution in [2.24, 2.45) is 0 Å². The van der Waals surface area contributed by atoms with Crippen molar-refractivity contribution in [3.05, 3.63) is 40.6 Å². The molecule has 0 radical (unpaired) electrons. The number of carbonyl (C=O) groups excluding carboxylic acids is 1. The SMILES string of the molecule is CC(Oc1ccc(Cl)cc1Cl)C(=O)NCCOc1cc(N2CCOCC2)ncn1. The lowest BCUT2D eigenvalue weighted by Crippen LogP contribution is -2.38. The number of carbonyl (C=O) groups is 1. The minimum atomic E-state index is -0.722. The summed E-state index contributed by atoms with van der Waals surface area (Å²) in [6.07, 6.45) is 0.741. The molecule has 0 aliphatic carbocycles. The number of aromatic nitrogens is 2. The van der Waals surface area contributed by atoms with E-state index in [2.05, 4.69) is 20.2 Å². The van der Waals surface area contributed by atoms with Crippen LogP contribution in [0.4, 0.5) is 5.82 Å². The van der Waals surface area contributed by atoms with Gasteiger partial charge in [-0.05, 0) is 25.1 Å². The van der Waals surface area contributed by atoms with Gasteiger partial charge >= 0.3 is 0 Å². The number of hydrogen-bond acceptors (Lipinski definition) is 7. The van der Waals surface area contributed by atoms with E-state index in [1.54, 1.807) is 31.2 Å². The Morgan fingerprint density at radius 1 is 1.28 bits per heavy atom. The second kappa shape index (κ2) is 10.5. The van der Waals surface area contributed by atoms with Crippen LogP contribution in [-0.4, -0.2) is 61.4 Å². The molecule has 2 aromatic rings. The summed E-state index contributed by atoms with van der Waals surface area (Å²) in [4.78, 5) is 22.7. The van der Waals surface area contributed by atoms with E-state index in [0.717, 1.165) is 18.9 Å². The highest BCUT2D eigenvalue weighted by Gasteiger charge is 2.16. The van der Waals surface area contributed by atoms with Crippen LogP contribution >= 0.6 is 23.2 Å². The van der Waals surface area contributed by atoms with Gasteiger partial charge in [0.1, 0.15) is 24.5 Å². The van der Waals surface area contributed by atoms with Crippen LogP contribution in [-0.2, 0) is 9.53 Å². The number of morpholine rings is 1. The Kier molecular flexibility index (Phi) is 7.74. The number of anilines is 1. The highest BCUT2D eigenvalue weighted by Crippen LogP contribution is 2.28. The summed E-state index contributed by atoms with van der Waals surface area (Å²) in [7, 11) is 0. The van der Waals surface area contributed by atoms with E-state index < -0.39 is 6.10 Å². The molecule has 1 saturated heterocycles. The predicted octanol–water partition coefficient (Wildman–Crippen LogP) is 2.58. The molecular weight excluding hydrogens is 419 g/mol. The van der Waals surface area contributed by atoms with Crippen molar-refractivity contribution in [1.29, 1.82) is 0 Å². The molecule has 1 amide bonds. The molecule has 1 fully saturated rings. The normalized spacial score (nSPS) is 14.9. The fourth-order valence-corrected chi connectivity index (χ4v) is 3.12. The molecule has 1 aliphatic heterocycles. The Balaban J connectivity index is 1.42. The quantitative estimate of drug-likeness (QED) is 0.631. The summed E-state index contributed by atoms with van der Waals surface area (Å²) in [6, 6.07) is 6.61. The van der Waals surface area contributed by atoms with Gasteiger partial charge in [0.2, 0.25) is 5.88 Å². The maximum atomic E-state index is 12.2. The number of hydrogen-bond donors (Lipinski definition) is 1. The number of benzene rings is 1. The minimum absolute atomic E-state index is 0.264. The maximum Gasteiger partial charge on any atom is 0.260 e. The van der Waals surface area contributed by atoms with Crippen LogP contribution in [0.15, 0.2) is 30.6 Å². The average Bonchev–Trinajstić information content (AvgIpc) is 2.74. The molecular formula is C19H22Cl2N4O4. The first-order valence-corrected chi connectivity index (χ1v) is 9.95. The summed E-state index contributed by atoms with van der Waals surface area (Å²) in [6.45, 7) is 5.11. The number of nitrogens with one attached hydrogen (secondary N) is 1. The van der Waals surface area contributed by atoms with Crippen LogP contribution in [0.1, 0.15) is 6.92 Å². The Bertz CT molecular complexity index is 834. The lowest BCUT2D eigenvalue weighted by Gasteiger charge is -2.27. The standard InChI is InChI=1S/C19H22Cl2N4O4/c1-13(29-16-3-2-14(20)10-15(16)21)19(26)22-4-7-28-18-11-17(23-12-24-18)25-5-8-27-9-6-25/h2-3,10-13H,4-9H2,1H3,(H,22,26). The Morgan fingerprint density at radius 3 is 2.83 bits per heavy atom. The lowest BCUT2D eigenvalue weighted by atomic mass is 10.3. The van der Waals surface area contributed by atoms with Crippen LogP contribution in [0.2, 0.25) is 10.0 Å². The zero-order chi connectivity index (χ0) is 20.6. The fourth-order valence-electron chi connectivity index (χ4n) is 2.66. The first-order chi connectivity index (χ1) is 14.0. The maximum absolute atomic E-state index is 12.2. The van der Waals surface area contributed by atoms with Gasteiger partial charge in [-0.25, -0.2) is 9.97 Å². The van der Waals surface area contributed by atoms with E-state index in [1.807, 2.05) is 0 Å². The third-order valence-corrected chi connectivity index (χ3v) is 4.71. The van der Waals surface area contributed by atoms with Crippen molar-refractivity contribution < 1.29 is 19.0 Å². The molecule has 1 aromatic heterocycles. The molecule has 29 heavy (non-hydrogen) atoms. The second-order valence-corrected chi connectivity index (χ2v) is 7.13. The van der Waals surface area contributed by atoms with E-state index in [0.29, 0.717) is 41.4 Å². The highest BCUT2D eigenvalue weighted by molar-refractivity contribution is 6.35. The molecule has 0 bridgehead atoms. The topological polar surface area (TPSA) is 85.8 Å². The smallest absolute Gasteiger partial charge is 0.260 e. The van der Waals surface area contributed by atoms with E-state index in [-0.39, 0.29) is 12.5 Å². The summed E-state index contributed by atoms with van der Waals surface area (Å²) >= 11 is 11.9. The second-order valence-electron chi connectivity index (χ2n) is 6.29. The van der Waals surface area contributed by atoms with Gasteiger partial charge in [0, 0.05) is 24.2 Å². The van der Waals surface area contributed by atoms with Crippen molar-refractivity contribution in [3.8, 4) is 11.6 Å². The van der Waals surface area contributed by atoms with Crippen LogP contribution in [0.25, 0.3) is 0 Å². The van der Waals surface area contributed by atoms with Crippen molar-refractivity contribution in [3.63, 3.8) is 0 Å². The molecule has 1 unspecified atom stereocenters. The van der Waals surface area contributed by atoms with Gasteiger partial charge in [-0.3, -0.25) is 4.79 Å². The molecule has 0 saturated carbocycles. The Morgan fingerprint density at radius 2 is 2.07 bits per heavy atom. The van der Waals surface area contributed by atoms with E-state index in [4.69, 9.17) is 37.4 Å². The summed E-state index contributed by atoms with van der Waals surface area (Å²) in [5.41, 5.74) is 0. The monoisotopic (exact) mass is 440 g/mol. The van der Waals surface area contributed by atoms with Crippen molar-refractivity contribution in [2.45, 2.75) is 13.0 Å². The number of rotatable bonds is 8. The van der Waals surface area contributed by atoms with Gasteiger partial charge in [0.15, 0.2) is 6.10 Å². The van der Waals surface area contributed by atoms with Crippen LogP contribution < -0.4 is 19.7 Å². The van der Waals surface area contributed by atoms with E-state index in [9.17, 15) is 4.79 Å². The molecule has 1 aliphatic rings. The first-order valence-electron chi connectivity index (χ1n) is 9.20. The molecule has 156 valence electrons. The van der Waals surface area contributed by atoms with Crippen molar-refractivity contribution in [1.82, 2.24) is 15.3 Å². The van der Waals surface area contributed by atoms with Crippen LogP contribution in [0, 0.1) is 0 Å². The molecule has 0 spiro atoms. The first kappa shape index (κ1) is 21.4. The zero-order valence-electron chi connectivity index (χ0n) is 15.9.